The third-order valence-electron chi connectivity index (χ3n) is 4.59. The Balaban J connectivity index is 1.43. The van der Waals surface area contributed by atoms with Crippen LogP contribution in [0.2, 0.25) is 0 Å². The molecule has 0 aromatic carbocycles. The molecule has 0 amide bonds. The molecule has 138 valence electrons. The summed E-state index contributed by atoms with van der Waals surface area (Å²) in [6.45, 7) is 0.609. The van der Waals surface area contributed by atoms with Crippen LogP contribution >= 0.6 is 0 Å². The van der Waals surface area contributed by atoms with Crippen molar-refractivity contribution in [2.24, 2.45) is 0 Å². The molecule has 2 aromatic rings. The van der Waals surface area contributed by atoms with Crippen molar-refractivity contribution >= 4 is 0 Å². The fourth-order valence-corrected chi connectivity index (χ4v) is 3.13. The number of hydrogen-bond acceptors (Lipinski definition) is 5. The maximum absolute atomic E-state index is 12.4. The predicted octanol–water partition coefficient (Wildman–Crippen LogP) is 3.25. The molecule has 0 atom stereocenters. The first-order valence-electron chi connectivity index (χ1n) is 8.68. The van der Waals surface area contributed by atoms with Gasteiger partial charge in [-0.3, -0.25) is 4.90 Å². The van der Waals surface area contributed by atoms with Gasteiger partial charge in [-0.15, -0.1) is 0 Å². The maximum atomic E-state index is 12.4. The second-order valence-electron chi connectivity index (χ2n) is 6.81. The molecule has 1 aliphatic heterocycles. The minimum Gasteiger partial charge on any atom is -0.468 e. The monoisotopic (exact) mass is 364 g/mol. The van der Waals surface area contributed by atoms with Crippen LogP contribution in [-0.4, -0.2) is 39.2 Å². The molecule has 3 heterocycles. The van der Waals surface area contributed by atoms with Gasteiger partial charge in [0.1, 0.15) is 5.82 Å². The Morgan fingerprint density at radius 3 is 2.85 bits per heavy atom. The molecular weight excluding hydrogens is 345 g/mol. The summed E-state index contributed by atoms with van der Waals surface area (Å²) in [6, 6.07) is 3.46. The molecule has 8 heteroatoms. The van der Waals surface area contributed by atoms with E-state index in [0.29, 0.717) is 24.6 Å². The zero-order chi connectivity index (χ0) is 18.1. The van der Waals surface area contributed by atoms with Gasteiger partial charge in [0.25, 0.3) is 0 Å². The number of fused-ring (bicyclic) bond motifs is 1. The van der Waals surface area contributed by atoms with Crippen molar-refractivity contribution < 1.29 is 17.9 Å². The van der Waals surface area contributed by atoms with Gasteiger partial charge in [0.15, 0.2) is 6.61 Å². The van der Waals surface area contributed by atoms with Crippen LogP contribution in [0.5, 0.6) is 5.88 Å². The van der Waals surface area contributed by atoms with Crippen LogP contribution in [0, 0.1) is 0 Å². The molecule has 0 radical (unpaired) electrons. The van der Waals surface area contributed by atoms with E-state index in [4.69, 9.17) is 9.72 Å². The second-order valence-corrected chi connectivity index (χ2v) is 6.81. The Labute approximate surface area is 149 Å². The minimum absolute atomic E-state index is 0.0379. The molecule has 2 aromatic heterocycles. The molecule has 0 N–H and O–H groups in total. The summed E-state index contributed by atoms with van der Waals surface area (Å²) in [5.41, 5.74) is 2.83. The molecule has 2 aliphatic rings. The fraction of sp³-hybridized carbons (Fsp3) is 0.500. The highest BCUT2D eigenvalue weighted by Crippen LogP contribution is 2.38. The van der Waals surface area contributed by atoms with Crippen LogP contribution in [0.3, 0.4) is 0 Å². The third kappa shape index (κ3) is 4.12. The zero-order valence-electron chi connectivity index (χ0n) is 14.2. The number of pyridine rings is 1. The summed E-state index contributed by atoms with van der Waals surface area (Å²) in [5.74, 6) is 1.52. The van der Waals surface area contributed by atoms with Gasteiger partial charge >= 0.3 is 6.18 Å². The zero-order valence-corrected chi connectivity index (χ0v) is 14.2. The SMILES string of the molecule is FC(F)(F)COc1ncccc1CN1CCc2nc(C3CC3)ncc2C1. The largest absolute Gasteiger partial charge is 0.468 e. The van der Waals surface area contributed by atoms with E-state index in [9.17, 15) is 13.2 Å². The summed E-state index contributed by atoms with van der Waals surface area (Å²) in [4.78, 5) is 15.3. The number of halogens is 3. The van der Waals surface area contributed by atoms with E-state index in [1.807, 2.05) is 6.20 Å². The second kappa shape index (κ2) is 6.83. The lowest BCUT2D eigenvalue weighted by molar-refractivity contribution is -0.154. The van der Waals surface area contributed by atoms with Gasteiger partial charge in [-0.2, -0.15) is 13.2 Å². The van der Waals surface area contributed by atoms with E-state index in [0.717, 1.165) is 30.0 Å². The standard InChI is InChI=1S/C18H19F3N4O/c19-18(20,21)11-26-17-13(2-1-6-22-17)9-25-7-5-15-14(10-25)8-23-16(24-15)12-3-4-12/h1-2,6,8,12H,3-5,7,9-11H2. The van der Waals surface area contributed by atoms with Gasteiger partial charge in [0, 0.05) is 61.2 Å². The van der Waals surface area contributed by atoms with Crippen LogP contribution in [0.15, 0.2) is 24.5 Å². The number of aromatic nitrogens is 3. The van der Waals surface area contributed by atoms with Crippen molar-refractivity contribution in [2.75, 3.05) is 13.2 Å². The maximum Gasteiger partial charge on any atom is 0.422 e. The van der Waals surface area contributed by atoms with Gasteiger partial charge in [-0.05, 0) is 18.9 Å². The average Bonchev–Trinajstić information content (AvgIpc) is 3.45. The smallest absolute Gasteiger partial charge is 0.422 e. The Hall–Kier alpha value is -2.22. The highest BCUT2D eigenvalue weighted by molar-refractivity contribution is 5.27. The number of hydrogen-bond donors (Lipinski definition) is 0. The Kier molecular flexibility index (Phi) is 4.52. The normalized spacial score (nSPS) is 17.8. The minimum atomic E-state index is -4.38. The number of nitrogens with zero attached hydrogens (tertiary/aromatic N) is 4. The van der Waals surface area contributed by atoms with Crippen LogP contribution < -0.4 is 4.74 Å². The summed E-state index contributed by atoms with van der Waals surface area (Å²) in [7, 11) is 0. The average molecular weight is 364 g/mol. The third-order valence-corrected chi connectivity index (χ3v) is 4.59. The Morgan fingerprint density at radius 2 is 2.08 bits per heavy atom. The lowest BCUT2D eigenvalue weighted by Gasteiger charge is -2.28. The first kappa shape index (κ1) is 17.2. The molecule has 26 heavy (non-hydrogen) atoms. The Morgan fingerprint density at radius 1 is 1.23 bits per heavy atom. The van der Waals surface area contributed by atoms with E-state index in [-0.39, 0.29) is 5.88 Å². The quantitative estimate of drug-likeness (QED) is 0.815. The van der Waals surface area contributed by atoms with Gasteiger partial charge in [-0.1, -0.05) is 6.07 Å². The fourth-order valence-electron chi connectivity index (χ4n) is 3.13. The molecule has 0 bridgehead atoms. The number of ether oxygens (including phenoxy) is 1. The first-order chi connectivity index (χ1) is 12.5. The van der Waals surface area contributed by atoms with E-state index in [2.05, 4.69) is 14.9 Å². The highest BCUT2D eigenvalue weighted by atomic mass is 19.4. The van der Waals surface area contributed by atoms with Crippen molar-refractivity contribution in [3.05, 3.63) is 47.2 Å². The molecule has 1 saturated carbocycles. The van der Waals surface area contributed by atoms with Gasteiger partial charge in [0.05, 0.1) is 0 Å². The molecule has 0 spiro atoms. The molecule has 1 fully saturated rings. The van der Waals surface area contributed by atoms with Crippen molar-refractivity contribution in [3.63, 3.8) is 0 Å². The van der Waals surface area contributed by atoms with Gasteiger partial charge in [0.2, 0.25) is 5.88 Å². The molecule has 0 saturated heterocycles. The predicted molar refractivity (Wildman–Crippen MR) is 87.6 cm³/mol. The summed E-state index contributed by atoms with van der Waals surface area (Å²) < 4.78 is 42.1. The van der Waals surface area contributed by atoms with Gasteiger partial charge in [-0.25, -0.2) is 15.0 Å². The summed E-state index contributed by atoms with van der Waals surface area (Å²) >= 11 is 0. The van der Waals surface area contributed by atoms with Crippen LogP contribution in [0.4, 0.5) is 13.2 Å². The van der Waals surface area contributed by atoms with E-state index in [1.54, 1.807) is 12.1 Å². The van der Waals surface area contributed by atoms with E-state index in [1.165, 1.54) is 19.0 Å². The van der Waals surface area contributed by atoms with Crippen molar-refractivity contribution in [2.45, 2.75) is 44.4 Å². The number of alkyl halides is 3. The molecular formula is C18H19F3N4O. The lowest BCUT2D eigenvalue weighted by atomic mass is 10.1. The summed E-state index contributed by atoms with van der Waals surface area (Å²) in [6.07, 6.45) is 2.12. The molecule has 4 rings (SSSR count). The molecule has 5 nitrogen and oxygen atoms in total. The topological polar surface area (TPSA) is 51.1 Å². The van der Waals surface area contributed by atoms with E-state index < -0.39 is 12.8 Å². The van der Waals surface area contributed by atoms with Crippen LogP contribution in [-0.2, 0) is 19.5 Å². The first-order valence-corrected chi connectivity index (χ1v) is 8.68. The van der Waals surface area contributed by atoms with Crippen LogP contribution in [0.25, 0.3) is 0 Å². The number of rotatable bonds is 5. The van der Waals surface area contributed by atoms with Gasteiger partial charge < -0.3 is 4.74 Å². The van der Waals surface area contributed by atoms with E-state index >= 15 is 0 Å². The summed E-state index contributed by atoms with van der Waals surface area (Å²) in [5, 5.41) is 0. The highest BCUT2D eigenvalue weighted by Gasteiger charge is 2.30. The van der Waals surface area contributed by atoms with Crippen molar-refractivity contribution in [3.8, 4) is 5.88 Å². The van der Waals surface area contributed by atoms with Crippen molar-refractivity contribution in [1.29, 1.82) is 0 Å². The Bertz CT molecular complexity index is 792. The molecule has 1 aliphatic carbocycles. The lowest BCUT2D eigenvalue weighted by Crippen LogP contribution is -2.31. The van der Waals surface area contributed by atoms with Crippen molar-refractivity contribution in [1.82, 2.24) is 19.9 Å². The molecule has 0 unspecified atom stereocenters. The van der Waals surface area contributed by atoms with Crippen LogP contribution in [0.1, 0.15) is 41.4 Å².